The molecule has 0 radical (unpaired) electrons. The fraction of sp³-hybridized carbons (Fsp3) is 0.273. The van der Waals surface area contributed by atoms with Gasteiger partial charge in [0, 0.05) is 27.9 Å². The predicted molar refractivity (Wildman–Crippen MR) is 66.8 cm³/mol. The van der Waals surface area contributed by atoms with Crippen molar-refractivity contribution in [3.63, 3.8) is 0 Å². The van der Waals surface area contributed by atoms with Gasteiger partial charge >= 0.3 is 5.97 Å². The molecule has 0 aliphatic rings. The number of rotatable bonds is 5. The molecule has 1 aromatic carbocycles. The van der Waals surface area contributed by atoms with Crippen LogP contribution in [-0.2, 0) is 4.79 Å². The van der Waals surface area contributed by atoms with Crippen molar-refractivity contribution in [2.45, 2.75) is 12.5 Å². The van der Waals surface area contributed by atoms with E-state index in [2.05, 4.69) is 15.9 Å². The molecule has 92 valence electrons. The lowest BCUT2D eigenvalue weighted by atomic mass is 9.98. The monoisotopic (exact) mass is 320 g/mol. The van der Waals surface area contributed by atoms with E-state index in [1.165, 1.54) is 18.2 Å². The van der Waals surface area contributed by atoms with Crippen molar-refractivity contribution in [2.75, 3.05) is 5.33 Å². The SMILES string of the molecule is O=C(CCBr)c1cc(Cl)ccc1C(O)C(=O)O. The van der Waals surface area contributed by atoms with Gasteiger partial charge in [-0.05, 0) is 12.1 Å². The molecule has 0 fully saturated rings. The Labute approximate surface area is 111 Å². The van der Waals surface area contributed by atoms with E-state index in [-0.39, 0.29) is 23.3 Å². The summed E-state index contributed by atoms with van der Waals surface area (Å²) in [6.45, 7) is 0. The zero-order chi connectivity index (χ0) is 13.0. The van der Waals surface area contributed by atoms with Crippen molar-refractivity contribution >= 4 is 39.3 Å². The van der Waals surface area contributed by atoms with E-state index >= 15 is 0 Å². The molecule has 1 atom stereocenters. The third-order valence-electron chi connectivity index (χ3n) is 2.17. The van der Waals surface area contributed by atoms with Gasteiger partial charge in [-0.3, -0.25) is 4.79 Å². The van der Waals surface area contributed by atoms with Crippen molar-refractivity contribution < 1.29 is 19.8 Å². The van der Waals surface area contributed by atoms with Crippen molar-refractivity contribution in [1.82, 2.24) is 0 Å². The molecule has 4 nitrogen and oxygen atoms in total. The number of aliphatic hydroxyl groups is 1. The van der Waals surface area contributed by atoms with Crippen LogP contribution in [0, 0.1) is 0 Å². The molecule has 17 heavy (non-hydrogen) atoms. The zero-order valence-corrected chi connectivity index (χ0v) is 11.0. The fourth-order valence-electron chi connectivity index (χ4n) is 1.36. The highest BCUT2D eigenvalue weighted by molar-refractivity contribution is 9.09. The van der Waals surface area contributed by atoms with Crippen LogP contribution < -0.4 is 0 Å². The summed E-state index contributed by atoms with van der Waals surface area (Å²) < 4.78 is 0. The first-order chi connectivity index (χ1) is 7.97. The summed E-state index contributed by atoms with van der Waals surface area (Å²) in [5.41, 5.74) is 0.208. The molecular weight excluding hydrogens is 311 g/mol. The third-order valence-corrected chi connectivity index (χ3v) is 2.80. The van der Waals surface area contributed by atoms with E-state index in [9.17, 15) is 14.7 Å². The van der Waals surface area contributed by atoms with Crippen molar-refractivity contribution in [3.8, 4) is 0 Å². The van der Waals surface area contributed by atoms with Crippen LogP contribution in [-0.4, -0.2) is 27.3 Å². The van der Waals surface area contributed by atoms with Crippen LogP contribution in [0.25, 0.3) is 0 Å². The molecule has 2 N–H and O–H groups in total. The number of alkyl halides is 1. The number of hydrogen-bond acceptors (Lipinski definition) is 3. The van der Waals surface area contributed by atoms with Crippen molar-refractivity contribution in [2.24, 2.45) is 0 Å². The van der Waals surface area contributed by atoms with Crippen molar-refractivity contribution in [1.29, 1.82) is 0 Å². The predicted octanol–water partition coefficient (Wildman–Crippen LogP) is 2.43. The summed E-state index contributed by atoms with van der Waals surface area (Å²) >= 11 is 8.88. The highest BCUT2D eigenvalue weighted by Crippen LogP contribution is 2.23. The van der Waals surface area contributed by atoms with Gasteiger partial charge in [-0.25, -0.2) is 4.79 Å². The number of benzene rings is 1. The lowest BCUT2D eigenvalue weighted by Gasteiger charge is -2.11. The molecule has 0 aliphatic carbocycles. The Kier molecular flexibility index (Phi) is 5.11. The Bertz CT molecular complexity index is 447. The Morgan fingerprint density at radius 2 is 2.06 bits per heavy atom. The number of carbonyl (C=O) groups is 2. The Balaban J connectivity index is 3.21. The largest absolute Gasteiger partial charge is 0.479 e. The molecule has 0 heterocycles. The molecule has 0 bridgehead atoms. The van der Waals surface area contributed by atoms with Gasteiger partial charge in [0.15, 0.2) is 11.9 Å². The van der Waals surface area contributed by atoms with Crippen LogP contribution in [0.1, 0.15) is 28.4 Å². The second kappa shape index (κ2) is 6.14. The molecular formula is C11H10BrClO4. The van der Waals surface area contributed by atoms with E-state index < -0.39 is 12.1 Å². The Morgan fingerprint density at radius 1 is 1.41 bits per heavy atom. The van der Waals surface area contributed by atoms with Crippen molar-refractivity contribution in [3.05, 3.63) is 34.3 Å². The number of Topliss-reactive ketones (excluding diaryl/α,β-unsaturated/α-hetero) is 1. The molecule has 0 saturated heterocycles. The van der Waals surface area contributed by atoms with Gasteiger partial charge in [-0.2, -0.15) is 0 Å². The summed E-state index contributed by atoms with van der Waals surface area (Å²) in [5.74, 6) is -1.67. The van der Waals surface area contributed by atoms with Gasteiger partial charge in [0.25, 0.3) is 0 Å². The van der Waals surface area contributed by atoms with E-state index in [0.717, 1.165) is 0 Å². The normalized spacial score (nSPS) is 12.2. The molecule has 1 unspecified atom stereocenters. The van der Waals surface area contributed by atoms with E-state index in [0.29, 0.717) is 10.4 Å². The minimum absolute atomic E-state index is 0.0628. The smallest absolute Gasteiger partial charge is 0.337 e. The number of halogens is 2. The number of carboxylic acid groups (broad SMARTS) is 1. The first kappa shape index (κ1) is 14.2. The Hall–Kier alpha value is -0.910. The number of aliphatic hydroxyl groups excluding tert-OH is 1. The van der Waals surface area contributed by atoms with Crippen LogP contribution in [0.5, 0.6) is 0 Å². The number of aliphatic carboxylic acids is 1. The number of hydrogen-bond donors (Lipinski definition) is 2. The summed E-state index contributed by atoms with van der Waals surface area (Å²) in [4.78, 5) is 22.5. The quantitative estimate of drug-likeness (QED) is 0.645. The lowest BCUT2D eigenvalue weighted by Crippen LogP contribution is -2.15. The number of carboxylic acids is 1. The molecule has 6 heteroatoms. The van der Waals surface area contributed by atoms with Gasteiger partial charge in [0.2, 0.25) is 0 Å². The van der Waals surface area contributed by atoms with Gasteiger partial charge in [-0.1, -0.05) is 33.6 Å². The standard InChI is InChI=1S/C11H10BrClO4/c12-4-3-9(14)8-5-6(13)1-2-7(8)10(15)11(16)17/h1-2,5,10,15H,3-4H2,(H,16,17). The van der Waals surface area contributed by atoms with Crippen LogP contribution >= 0.6 is 27.5 Å². The minimum Gasteiger partial charge on any atom is -0.479 e. The first-order valence-corrected chi connectivity index (χ1v) is 6.26. The molecule has 0 aliphatic heterocycles. The maximum Gasteiger partial charge on any atom is 0.337 e. The highest BCUT2D eigenvalue weighted by Gasteiger charge is 2.22. The number of ketones is 1. The highest BCUT2D eigenvalue weighted by atomic mass is 79.9. The Morgan fingerprint density at radius 3 is 2.59 bits per heavy atom. The lowest BCUT2D eigenvalue weighted by molar-refractivity contribution is -0.146. The second-order valence-corrected chi connectivity index (χ2v) is 4.56. The summed E-state index contributed by atoms with van der Waals surface area (Å²) in [7, 11) is 0. The first-order valence-electron chi connectivity index (χ1n) is 4.77. The fourth-order valence-corrected chi connectivity index (χ4v) is 1.89. The molecule has 1 rings (SSSR count). The van der Waals surface area contributed by atoms with Gasteiger partial charge < -0.3 is 10.2 Å². The summed E-state index contributed by atoms with van der Waals surface area (Å²) in [6, 6.07) is 4.16. The maximum atomic E-state index is 11.8. The second-order valence-electron chi connectivity index (χ2n) is 3.33. The summed E-state index contributed by atoms with van der Waals surface area (Å²) in [5, 5.41) is 19.0. The molecule has 1 aromatic rings. The summed E-state index contributed by atoms with van der Waals surface area (Å²) in [6.07, 6.45) is -1.51. The average Bonchev–Trinajstić information content (AvgIpc) is 2.28. The minimum atomic E-state index is -1.72. The van der Waals surface area contributed by atoms with E-state index in [4.69, 9.17) is 16.7 Å². The maximum absolute atomic E-state index is 11.8. The average molecular weight is 322 g/mol. The van der Waals surface area contributed by atoms with Crippen LogP contribution in [0.2, 0.25) is 5.02 Å². The van der Waals surface area contributed by atoms with Crippen LogP contribution in [0.3, 0.4) is 0 Å². The van der Waals surface area contributed by atoms with Gasteiger partial charge in [-0.15, -0.1) is 0 Å². The molecule has 0 spiro atoms. The van der Waals surface area contributed by atoms with E-state index in [1.54, 1.807) is 0 Å². The van der Waals surface area contributed by atoms with Crippen LogP contribution in [0.4, 0.5) is 0 Å². The molecule has 0 saturated carbocycles. The third kappa shape index (κ3) is 3.52. The topological polar surface area (TPSA) is 74.6 Å². The molecule has 0 amide bonds. The zero-order valence-electron chi connectivity index (χ0n) is 8.69. The van der Waals surface area contributed by atoms with Crippen LogP contribution in [0.15, 0.2) is 18.2 Å². The van der Waals surface area contributed by atoms with Gasteiger partial charge in [0.1, 0.15) is 0 Å². The number of carbonyl (C=O) groups excluding carboxylic acids is 1. The van der Waals surface area contributed by atoms with Gasteiger partial charge in [0.05, 0.1) is 0 Å². The van der Waals surface area contributed by atoms with E-state index in [1.807, 2.05) is 0 Å². The molecule has 0 aromatic heterocycles.